The maximum Gasteiger partial charge on any atom is 0.120 e. The Morgan fingerprint density at radius 1 is 1.73 bits per heavy atom. The molecule has 2 atom stereocenters. The third-order valence-electron chi connectivity index (χ3n) is 1.63. The summed E-state index contributed by atoms with van der Waals surface area (Å²) in [6.45, 7) is 3.35. The third kappa shape index (κ3) is 1.58. The number of nitrogens with zero attached hydrogens (tertiary/aromatic N) is 1. The van der Waals surface area contributed by atoms with Crippen LogP contribution in [0, 0.1) is 0 Å². The van der Waals surface area contributed by atoms with Gasteiger partial charge < -0.3 is 0 Å². The lowest BCUT2D eigenvalue weighted by atomic mass is 10.5. The van der Waals surface area contributed by atoms with Gasteiger partial charge in [-0.2, -0.15) is 0 Å². The minimum absolute atomic E-state index is 0.449. The number of hydrogen-bond acceptors (Lipinski definition) is 4. The minimum atomic E-state index is 0.449. The van der Waals surface area contributed by atoms with E-state index in [1.165, 1.54) is 5.01 Å². The molecule has 0 aliphatic carbocycles. The van der Waals surface area contributed by atoms with Crippen LogP contribution in [-0.2, 0) is 0 Å². The molecule has 0 aromatic carbocycles. The zero-order valence-corrected chi connectivity index (χ0v) is 7.91. The molecule has 1 saturated heterocycles. The van der Waals surface area contributed by atoms with Gasteiger partial charge >= 0.3 is 0 Å². The number of thiazole rings is 1. The number of rotatable bonds is 1. The Morgan fingerprint density at radius 3 is 3.18 bits per heavy atom. The summed E-state index contributed by atoms with van der Waals surface area (Å²) in [6.07, 6.45) is 1.87. The first-order valence-corrected chi connectivity index (χ1v) is 5.47. The first-order chi connectivity index (χ1) is 5.36. The summed E-state index contributed by atoms with van der Waals surface area (Å²) < 4.78 is 0. The molecular formula is C7H10N2S2. The zero-order valence-electron chi connectivity index (χ0n) is 6.28. The van der Waals surface area contributed by atoms with Gasteiger partial charge in [0.15, 0.2) is 0 Å². The van der Waals surface area contributed by atoms with Gasteiger partial charge in [-0.25, -0.2) is 4.98 Å². The number of hydrogen-bond donors (Lipinski definition) is 1. The Labute approximate surface area is 74.4 Å². The van der Waals surface area contributed by atoms with E-state index in [1.54, 1.807) is 11.3 Å². The van der Waals surface area contributed by atoms with Crippen LogP contribution >= 0.6 is 23.1 Å². The van der Waals surface area contributed by atoms with Crippen LogP contribution in [0.15, 0.2) is 11.6 Å². The lowest BCUT2D eigenvalue weighted by Gasteiger charge is -2.03. The van der Waals surface area contributed by atoms with E-state index in [9.17, 15) is 0 Å². The van der Waals surface area contributed by atoms with Crippen molar-refractivity contribution in [3.05, 3.63) is 16.6 Å². The first-order valence-electron chi connectivity index (χ1n) is 3.64. The molecule has 0 saturated carbocycles. The number of nitrogens with one attached hydrogen (secondary N) is 1. The molecule has 1 aliphatic heterocycles. The molecule has 2 heterocycles. The first kappa shape index (κ1) is 7.58. The van der Waals surface area contributed by atoms with Crippen molar-refractivity contribution in [1.82, 2.24) is 10.3 Å². The van der Waals surface area contributed by atoms with Crippen LogP contribution in [-0.4, -0.2) is 16.8 Å². The van der Waals surface area contributed by atoms with E-state index in [-0.39, 0.29) is 0 Å². The molecule has 2 nitrogen and oxygen atoms in total. The lowest BCUT2D eigenvalue weighted by molar-refractivity contribution is 0.714. The maximum absolute atomic E-state index is 4.27. The molecule has 2 rings (SSSR count). The SMILES string of the molecule is CC1CNC(c2nccs2)S1. The largest absolute Gasteiger partial charge is 0.299 e. The van der Waals surface area contributed by atoms with Crippen molar-refractivity contribution in [3.63, 3.8) is 0 Å². The smallest absolute Gasteiger partial charge is 0.120 e. The average molecular weight is 186 g/mol. The van der Waals surface area contributed by atoms with Crippen LogP contribution in [0.2, 0.25) is 0 Å². The second-order valence-corrected chi connectivity index (χ2v) is 5.08. The highest BCUT2D eigenvalue weighted by Gasteiger charge is 2.23. The van der Waals surface area contributed by atoms with Gasteiger partial charge in [0.05, 0.1) is 0 Å². The van der Waals surface area contributed by atoms with E-state index in [0.29, 0.717) is 5.37 Å². The molecule has 4 heteroatoms. The quantitative estimate of drug-likeness (QED) is 0.724. The predicted molar refractivity (Wildman–Crippen MR) is 49.9 cm³/mol. The number of thioether (sulfide) groups is 1. The molecule has 0 spiro atoms. The van der Waals surface area contributed by atoms with E-state index < -0.39 is 0 Å². The van der Waals surface area contributed by atoms with Crippen molar-refractivity contribution >= 4 is 23.1 Å². The topological polar surface area (TPSA) is 24.9 Å². The van der Waals surface area contributed by atoms with Crippen molar-refractivity contribution in [2.24, 2.45) is 0 Å². The van der Waals surface area contributed by atoms with Gasteiger partial charge in [-0.15, -0.1) is 23.1 Å². The summed E-state index contributed by atoms with van der Waals surface area (Å²) >= 11 is 3.69. The summed E-state index contributed by atoms with van der Waals surface area (Å²) in [5, 5.41) is 7.83. The highest BCUT2D eigenvalue weighted by atomic mass is 32.2. The molecule has 1 aliphatic rings. The van der Waals surface area contributed by atoms with Gasteiger partial charge in [0.1, 0.15) is 10.4 Å². The lowest BCUT2D eigenvalue weighted by Crippen LogP contribution is -2.13. The Kier molecular flexibility index (Phi) is 2.16. The van der Waals surface area contributed by atoms with Gasteiger partial charge in [0.25, 0.3) is 0 Å². The molecule has 11 heavy (non-hydrogen) atoms. The zero-order chi connectivity index (χ0) is 7.68. The molecule has 1 aromatic rings. The van der Waals surface area contributed by atoms with Crippen LogP contribution in [0.4, 0.5) is 0 Å². The van der Waals surface area contributed by atoms with E-state index in [0.717, 1.165) is 11.8 Å². The highest BCUT2D eigenvalue weighted by molar-refractivity contribution is 8.00. The molecule has 60 valence electrons. The minimum Gasteiger partial charge on any atom is -0.299 e. The summed E-state index contributed by atoms with van der Waals surface area (Å²) in [7, 11) is 0. The van der Waals surface area contributed by atoms with Gasteiger partial charge in [-0.05, 0) is 0 Å². The van der Waals surface area contributed by atoms with E-state index in [1.807, 2.05) is 23.3 Å². The van der Waals surface area contributed by atoms with Crippen LogP contribution in [0.3, 0.4) is 0 Å². The third-order valence-corrected chi connectivity index (χ3v) is 3.92. The van der Waals surface area contributed by atoms with Crippen molar-refractivity contribution in [2.75, 3.05) is 6.54 Å². The van der Waals surface area contributed by atoms with Crippen molar-refractivity contribution in [1.29, 1.82) is 0 Å². The standard InChI is InChI=1S/C7H10N2S2/c1-5-4-9-7(11-5)6-8-2-3-10-6/h2-3,5,7,9H,4H2,1H3. The molecule has 0 bridgehead atoms. The van der Waals surface area contributed by atoms with E-state index >= 15 is 0 Å². The van der Waals surface area contributed by atoms with Crippen LogP contribution in [0.25, 0.3) is 0 Å². The normalized spacial score (nSPS) is 31.0. The molecule has 0 radical (unpaired) electrons. The molecule has 0 amide bonds. The maximum atomic E-state index is 4.27. The summed E-state index contributed by atoms with van der Waals surface area (Å²) in [5.41, 5.74) is 0. The molecule has 2 unspecified atom stereocenters. The fraction of sp³-hybridized carbons (Fsp3) is 0.571. The predicted octanol–water partition coefficient (Wildman–Crippen LogP) is 1.87. The van der Waals surface area contributed by atoms with E-state index in [4.69, 9.17) is 0 Å². The molecule has 1 aromatic heterocycles. The summed E-state index contributed by atoms with van der Waals surface area (Å²) in [4.78, 5) is 4.27. The average Bonchev–Trinajstić information content (AvgIpc) is 2.55. The number of aromatic nitrogens is 1. The Morgan fingerprint density at radius 2 is 2.64 bits per heavy atom. The molecule has 1 fully saturated rings. The van der Waals surface area contributed by atoms with Crippen molar-refractivity contribution in [3.8, 4) is 0 Å². The van der Waals surface area contributed by atoms with Gasteiger partial charge in [0.2, 0.25) is 0 Å². The fourth-order valence-corrected chi connectivity index (χ4v) is 3.06. The van der Waals surface area contributed by atoms with Crippen molar-refractivity contribution < 1.29 is 0 Å². The second kappa shape index (κ2) is 3.13. The summed E-state index contributed by atoms with van der Waals surface area (Å²) in [5.74, 6) is 0. The highest BCUT2D eigenvalue weighted by Crippen LogP contribution is 2.35. The monoisotopic (exact) mass is 186 g/mol. The Bertz CT molecular complexity index is 222. The fourth-order valence-electron chi connectivity index (χ4n) is 1.11. The molecule has 1 N–H and O–H groups in total. The van der Waals surface area contributed by atoms with Crippen LogP contribution in [0.1, 0.15) is 17.3 Å². The Balaban J connectivity index is 2.08. The van der Waals surface area contributed by atoms with E-state index in [2.05, 4.69) is 17.2 Å². The van der Waals surface area contributed by atoms with Crippen LogP contribution < -0.4 is 5.32 Å². The summed E-state index contributed by atoms with van der Waals surface area (Å²) in [6, 6.07) is 0. The van der Waals surface area contributed by atoms with Crippen LogP contribution in [0.5, 0.6) is 0 Å². The van der Waals surface area contributed by atoms with Gasteiger partial charge in [-0.1, -0.05) is 6.92 Å². The van der Waals surface area contributed by atoms with Crippen molar-refractivity contribution in [2.45, 2.75) is 17.5 Å². The van der Waals surface area contributed by atoms with Gasteiger partial charge in [-0.3, -0.25) is 5.32 Å². The second-order valence-electron chi connectivity index (χ2n) is 2.61. The Hall–Kier alpha value is -0.0600. The molecular weight excluding hydrogens is 176 g/mol. The van der Waals surface area contributed by atoms with Gasteiger partial charge in [0, 0.05) is 23.4 Å².